The molecule has 1 unspecified atom stereocenters. The molecular formula is C20H23FN2O2. The highest BCUT2D eigenvalue weighted by atomic mass is 19.1. The third-order valence-corrected chi connectivity index (χ3v) is 4.71. The minimum absolute atomic E-state index is 0.142. The van der Waals surface area contributed by atoms with Crippen molar-refractivity contribution in [2.24, 2.45) is 5.92 Å². The number of nitrogens with zero attached hydrogens (tertiary/aromatic N) is 1. The monoisotopic (exact) mass is 342 g/mol. The van der Waals surface area contributed by atoms with Gasteiger partial charge < -0.3 is 15.3 Å². The molecule has 1 aliphatic heterocycles. The number of carbonyl (C=O) groups is 1. The summed E-state index contributed by atoms with van der Waals surface area (Å²) in [5.74, 6) is -0.220. The number of piperidine rings is 1. The number of benzene rings is 2. The maximum Gasteiger partial charge on any atom is 0.321 e. The van der Waals surface area contributed by atoms with E-state index in [4.69, 9.17) is 0 Å². The quantitative estimate of drug-likeness (QED) is 0.882. The highest BCUT2D eigenvalue weighted by Gasteiger charge is 2.28. The molecule has 0 aromatic heterocycles. The molecule has 2 aromatic carbocycles. The van der Waals surface area contributed by atoms with Crippen LogP contribution >= 0.6 is 0 Å². The van der Waals surface area contributed by atoms with Crippen molar-refractivity contribution in [2.45, 2.75) is 25.9 Å². The van der Waals surface area contributed by atoms with Crippen molar-refractivity contribution < 1.29 is 14.3 Å². The van der Waals surface area contributed by atoms with Gasteiger partial charge in [-0.3, -0.25) is 0 Å². The third kappa shape index (κ3) is 4.37. The summed E-state index contributed by atoms with van der Waals surface area (Å²) in [7, 11) is 0. The number of aliphatic hydroxyl groups excluding tert-OH is 1. The first-order valence-corrected chi connectivity index (χ1v) is 8.59. The minimum Gasteiger partial charge on any atom is -0.388 e. The van der Waals surface area contributed by atoms with Crippen molar-refractivity contribution in [1.82, 2.24) is 4.90 Å². The van der Waals surface area contributed by atoms with E-state index in [9.17, 15) is 14.3 Å². The van der Waals surface area contributed by atoms with Crippen LogP contribution < -0.4 is 5.32 Å². The molecule has 2 N–H and O–H groups in total. The molecule has 4 nitrogen and oxygen atoms in total. The van der Waals surface area contributed by atoms with Crippen LogP contribution in [-0.2, 0) is 0 Å². The standard InChI is InChI=1S/C20H23FN2O2/c1-14-11-17(21)13-18(12-14)22-20(25)23-9-7-16(8-10-23)19(24)15-5-3-2-4-6-15/h2-6,11-13,16,19,24H,7-10H2,1H3,(H,22,25). The summed E-state index contributed by atoms with van der Waals surface area (Å²) in [4.78, 5) is 14.1. The van der Waals surface area contributed by atoms with Gasteiger partial charge in [0.05, 0.1) is 6.10 Å². The lowest BCUT2D eigenvalue weighted by Gasteiger charge is -2.34. The van der Waals surface area contributed by atoms with Crippen LogP contribution in [0.15, 0.2) is 48.5 Å². The number of likely N-dealkylation sites (tertiary alicyclic amines) is 1. The first-order valence-electron chi connectivity index (χ1n) is 8.59. The minimum atomic E-state index is -0.503. The lowest BCUT2D eigenvalue weighted by atomic mass is 9.87. The molecule has 5 heteroatoms. The molecule has 2 amide bonds. The summed E-state index contributed by atoms with van der Waals surface area (Å²) in [5, 5.41) is 13.3. The van der Waals surface area contributed by atoms with Gasteiger partial charge in [0.25, 0.3) is 0 Å². The van der Waals surface area contributed by atoms with Crippen molar-refractivity contribution >= 4 is 11.7 Å². The number of aryl methyl sites for hydroxylation is 1. The molecule has 2 aromatic rings. The molecule has 1 saturated heterocycles. The molecule has 132 valence electrons. The van der Waals surface area contributed by atoms with Crippen LogP contribution in [0.4, 0.5) is 14.9 Å². The van der Waals surface area contributed by atoms with E-state index in [0.717, 1.165) is 24.0 Å². The van der Waals surface area contributed by atoms with Gasteiger partial charge in [-0.25, -0.2) is 9.18 Å². The molecule has 1 heterocycles. The Morgan fingerprint density at radius 1 is 1.20 bits per heavy atom. The van der Waals surface area contributed by atoms with Gasteiger partial charge in [0.15, 0.2) is 0 Å². The van der Waals surface area contributed by atoms with E-state index in [2.05, 4.69) is 5.32 Å². The van der Waals surface area contributed by atoms with Crippen LogP contribution in [0, 0.1) is 18.7 Å². The molecule has 1 atom stereocenters. The second-order valence-corrected chi connectivity index (χ2v) is 6.63. The van der Waals surface area contributed by atoms with E-state index >= 15 is 0 Å². The Kier molecular flexibility index (Phi) is 5.34. The fraction of sp³-hybridized carbons (Fsp3) is 0.350. The van der Waals surface area contributed by atoms with Crippen LogP contribution in [0.5, 0.6) is 0 Å². The molecule has 3 rings (SSSR count). The number of aliphatic hydroxyl groups is 1. The Labute approximate surface area is 147 Å². The van der Waals surface area contributed by atoms with Crippen molar-refractivity contribution in [3.63, 3.8) is 0 Å². The van der Waals surface area contributed by atoms with Gasteiger partial charge in [0.2, 0.25) is 0 Å². The number of carbonyl (C=O) groups excluding carboxylic acids is 1. The Bertz CT molecular complexity index is 707. The predicted octanol–water partition coefficient (Wildman–Crippen LogP) is 4.11. The zero-order valence-electron chi connectivity index (χ0n) is 14.3. The van der Waals surface area contributed by atoms with Crippen LogP contribution in [-0.4, -0.2) is 29.1 Å². The van der Waals surface area contributed by atoms with Gasteiger partial charge in [0.1, 0.15) is 5.82 Å². The highest BCUT2D eigenvalue weighted by molar-refractivity contribution is 5.89. The summed E-state index contributed by atoms with van der Waals surface area (Å²) in [6.07, 6.45) is 0.981. The largest absolute Gasteiger partial charge is 0.388 e. The van der Waals surface area contributed by atoms with Crippen LogP contribution in [0.2, 0.25) is 0 Å². The summed E-state index contributed by atoms with van der Waals surface area (Å²) in [6.45, 7) is 2.94. The molecule has 0 saturated carbocycles. The second kappa shape index (κ2) is 7.66. The Hall–Kier alpha value is -2.40. The smallest absolute Gasteiger partial charge is 0.321 e. The summed E-state index contributed by atoms with van der Waals surface area (Å²) >= 11 is 0. The van der Waals surface area contributed by atoms with Gasteiger partial charge in [-0.05, 0) is 55.0 Å². The highest BCUT2D eigenvalue weighted by Crippen LogP contribution is 2.30. The van der Waals surface area contributed by atoms with Gasteiger partial charge in [0, 0.05) is 18.8 Å². The summed E-state index contributed by atoms with van der Waals surface area (Å²) < 4.78 is 13.4. The van der Waals surface area contributed by atoms with E-state index < -0.39 is 6.10 Å². The number of hydrogen-bond acceptors (Lipinski definition) is 2. The third-order valence-electron chi connectivity index (χ3n) is 4.71. The Balaban J connectivity index is 1.55. The molecular weight excluding hydrogens is 319 g/mol. The maximum absolute atomic E-state index is 13.4. The normalized spacial score (nSPS) is 16.5. The summed E-state index contributed by atoms with van der Waals surface area (Å²) in [6, 6.07) is 13.9. The molecule has 1 aliphatic rings. The van der Waals surface area contributed by atoms with Crippen molar-refractivity contribution in [3.05, 3.63) is 65.5 Å². The number of anilines is 1. The average Bonchev–Trinajstić information content (AvgIpc) is 2.61. The fourth-order valence-corrected chi connectivity index (χ4v) is 3.35. The second-order valence-electron chi connectivity index (χ2n) is 6.63. The molecule has 0 aliphatic carbocycles. The maximum atomic E-state index is 13.4. The lowest BCUT2D eigenvalue weighted by molar-refractivity contribution is 0.0683. The van der Waals surface area contributed by atoms with E-state index in [1.54, 1.807) is 17.9 Å². The topological polar surface area (TPSA) is 52.6 Å². The van der Waals surface area contributed by atoms with Gasteiger partial charge in [-0.15, -0.1) is 0 Å². The number of amides is 2. The molecule has 0 bridgehead atoms. The average molecular weight is 342 g/mol. The van der Waals surface area contributed by atoms with Crippen LogP contribution in [0.1, 0.15) is 30.1 Å². The van der Waals surface area contributed by atoms with E-state index in [-0.39, 0.29) is 17.8 Å². The number of urea groups is 1. The molecule has 0 radical (unpaired) electrons. The van der Waals surface area contributed by atoms with Crippen LogP contribution in [0.3, 0.4) is 0 Å². The first-order chi connectivity index (χ1) is 12.0. The zero-order chi connectivity index (χ0) is 17.8. The van der Waals surface area contributed by atoms with Crippen LogP contribution in [0.25, 0.3) is 0 Å². The molecule has 1 fully saturated rings. The SMILES string of the molecule is Cc1cc(F)cc(NC(=O)N2CCC(C(O)c3ccccc3)CC2)c1. The van der Waals surface area contributed by atoms with Gasteiger partial charge in [-0.2, -0.15) is 0 Å². The molecule has 25 heavy (non-hydrogen) atoms. The van der Waals surface area contributed by atoms with Crippen molar-refractivity contribution in [2.75, 3.05) is 18.4 Å². The lowest BCUT2D eigenvalue weighted by Crippen LogP contribution is -2.42. The number of rotatable bonds is 3. The first kappa shape index (κ1) is 17.4. The predicted molar refractivity (Wildman–Crippen MR) is 95.9 cm³/mol. The van der Waals surface area contributed by atoms with Crippen molar-refractivity contribution in [3.8, 4) is 0 Å². The zero-order valence-corrected chi connectivity index (χ0v) is 14.3. The van der Waals surface area contributed by atoms with Gasteiger partial charge >= 0.3 is 6.03 Å². The van der Waals surface area contributed by atoms with E-state index in [0.29, 0.717) is 18.8 Å². The number of halogens is 1. The van der Waals surface area contributed by atoms with Crippen molar-refractivity contribution in [1.29, 1.82) is 0 Å². The fourth-order valence-electron chi connectivity index (χ4n) is 3.35. The molecule has 0 spiro atoms. The number of hydrogen-bond donors (Lipinski definition) is 2. The van der Waals surface area contributed by atoms with E-state index in [1.165, 1.54) is 12.1 Å². The number of nitrogens with one attached hydrogen (secondary N) is 1. The Morgan fingerprint density at radius 3 is 2.52 bits per heavy atom. The van der Waals surface area contributed by atoms with Gasteiger partial charge in [-0.1, -0.05) is 30.3 Å². The summed E-state index contributed by atoms with van der Waals surface area (Å²) in [5.41, 5.74) is 2.15. The van der Waals surface area contributed by atoms with E-state index in [1.807, 2.05) is 30.3 Å². The Morgan fingerprint density at radius 2 is 1.88 bits per heavy atom.